The average Bonchev–Trinajstić information content (AvgIpc) is 3.74. The summed E-state index contributed by atoms with van der Waals surface area (Å²) in [5, 5.41) is 5.83. The van der Waals surface area contributed by atoms with Crippen molar-refractivity contribution in [2.75, 3.05) is 88.5 Å². The maximum absolute atomic E-state index is 12.2. The van der Waals surface area contributed by atoms with Crippen molar-refractivity contribution in [2.24, 2.45) is 22.7 Å². The van der Waals surface area contributed by atoms with Crippen LogP contribution in [0.25, 0.3) is 0 Å². The van der Waals surface area contributed by atoms with E-state index in [1.807, 2.05) is 61.8 Å². The monoisotopic (exact) mass is 634 g/mol. The van der Waals surface area contributed by atoms with Crippen molar-refractivity contribution in [2.45, 2.75) is 41.5 Å². The normalized spacial score (nSPS) is 26.3. The number of nitrogens with zero attached hydrogens (tertiary/aromatic N) is 4. The maximum Gasteiger partial charge on any atom is 0.317 e. The Bertz CT molecular complexity index is 1290. The van der Waals surface area contributed by atoms with Gasteiger partial charge in [0.15, 0.2) is 0 Å². The Labute approximate surface area is 275 Å². The maximum atomic E-state index is 12.2. The molecule has 46 heavy (non-hydrogen) atoms. The van der Waals surface area contributed by atoms with Crippen molar-refractivity contribution < 1.29 is 19.1 Å². The largest absolute Gasteiger partial charge is 0.494 e. The zero-order valence-electron chi connectivity index (χ0n) is 28.7. The second-order valence-electron chi connectivity index (χ2n) is 13.7. The van der Waals surface area contributed by atoms with E-state index in [1.54, 1.807) is 0 Å². The fourth-order valence-electron chi connectivity index (χ4n) is 7.72. The lowest BCUT2D eigenvalue weighted by Crippen LogP contribution is -2.41. The van der Waals surface area contributed by atoms with E-state index in [-0.39, 0.29) is 22.9 Å². The van der Waals surface area contributed by atoms with Gasteiger partial charge in [-0.2, -0.15) is 0 Å². The molecule has 2 N–H and O–H groups in total. The van der Waals surface area contributed by atoms with Crippen molar-refractivity contribution >= 4 is 23.4 Å². The number of anilines is 2. The molecule has 252 valence electrons. The summed E-state index contributed by atoms with van der Waals surface area (Å²) in [6.07, 6.45) is 0. The number of hydrogen-bond acceptors (Lipinski definition) is 6. The van der Waals surface area contributed by atoms with Gasteiger partial charge in [0.1, 0.15) is 11.5 Å². The fourth-order valence-corrected chi connectivity index (χ4v) is 7.72. The van der Waals surface area contributed by atoms with Gasteiger partial charge >= 0.3 is 12.1 Å². The van der Waals surface area contributed by atoms with Gasteiger partial charge in [0.05, 0.1) is 13.2 Å². The van der Waals surface area contributed by atoms with E-state index in [2.05, 4.69) is 58.5 Å². The molecule has 4 aliphatic rings. The van der Waals surface area contributed by atoms with Crippen molar-refractivity contribution in [3.8, 4) is 11.5 Å². The summed E-state index contributed by atoms with van der Waals surface area (Å²) in [5.74, 6) is 3.02. The molecule has 2 aromatic rings. The van der Waals surface area contributed by atoms with Gasteiger partial charge in [-0.25, -0.2) is 9.59 Å². The molecule has 0 aliphatic carbocycles. The summed E-state index contributed by atoms with van der Waals surface area (Å²) in [6, 6.07) is 16.9. The molecule has 2 aromatic carbocycles. The molecule has 4 amide bonds. The minimum Gasteiger partial charge on any atom is -0.494 e. The van der Waals surface area contributed by atoms with Crippen LogP contribution < -0.4 is 29.9 Å². The molecule has 6 rings (SSSR count). The summed E-state index contributed by atoms with van der Waals surface area (Å²) < 4.78 is 11.0. The SMILES string of the molecule is CCNC(=O)N1C[C@@H]2CN(c3ccc(OCC)cc3)C[C@@H]2C1.CCNC(=O)N1C[C@@]2(C)CN(c3ccc(OCC)cc3)C[C@@]2(C)C1. The molecular weight excluding hydrogens is 580 g/mol. The highest BCUT2D eigenvalue weighted by molar-refractivity contribution is 5.75. The van der Waals surface area contributed by atoms with E-state index in [0.29, 0.717) is 38.1 Å². The quantitative estimate of drug-likeness (QED) is 0.418. The van der Waals surface area contributed by atoms with Gasteiger partial charge in [0.2, 0.25) is 0 Å². The highest BCUT2D eigenvalue weighted by Crippen LogP contribution is 2.52. The van der Waals surface area contributed by atoms with Crippen LogP contribution in [0.1, 0.15) is 41.5 Å². The minimum absolute atomic E-state index is 0.0713. The first-order chi connectivity index (χ1) is 22.1. The zero-order chi connectivity index (χ0) is 32.9. The molecule has 4 aliphatic heterocycles. The Morgan fingerprint density at radius 2 is 1.04 bits per heavy atom. The first-order valence-electron chi connectivity index (χ1n) is 17.1. The fraction of sp³-hybridized carbons (Fsp3) is 0.611. The van der Waals surface area contributed by atoms with Crippen LogP contribution in [0.5, 0.6) is 11.5 Å². The Balaban J connectivity index is 0.000000182. The number of nitrogens with one attached hydrogen (secondary N) is 2. The number of fused-ring (bicyclic) bond motifs is 2. The van der Waals surface area contributed by atoms with Crippen LogP contribution >= 0.6 is 0 Å². The molecule has 0 aromatic heterocycles. The minimum atomic E-state index is 0.0713. The summed E-state index contributed by atoms with van der Waals surface area (Å²) in [4.78, 5) is 32.9. The molecule has 4 fully saturated rings. The number of likely N-dealkylation sites (tertiary alicyclic amines) is 2. The van der Waals surface area contributed by atoms with E-state index in [4.69, 9.17) is 9.47 Å². The molecule has 4 atom stereocenters. The van der Waals surface area contributed by atoms with Crippen molar-refractivity contribution in [3.05, 3.63) is 48.5 Å². The number of ether oxygens (including phenoxy) is 2. The van der Waals surface area contributed by atoms with Crippen molar-refractivity contribution in [3.63, 3.8) is 0 Å². The van der Waals surface area contributed by atoms with Gasteiger partial charge in [0, 0.05) is 99.5 Å². The lowest BCUT2D eigenvalue weighted by Gasteiger charge is -2.29. The van der Waals surface area contributed by atoms with Gasteiger partial charge < -0.3 is 39.7 Å². The lowest BCUT2D eigenvalue weighted by atomic mass is 9.71. The van der Waals surface area contributed by atoms with E-state index in [0.717, 1.165) is 63.9 Å². The average molecular weight is 635 g/mol. The van der Waals surface area contributed by atoms with Crippen LogP contribution in [0.3, 0.4) is 0 Å². The number of carbonyl (C=O) groups excluding carboxylic acids is 2. The van der Waals surface area contributed by atoms with Crippen LogP contribution in [0.2, 0.25) is 0 Å². The van der Waals surface area contributed by atoms with Gasteiger partial charge in [-0.3, -0.25) is 0 Å². The number of rotatable bonds is 8. The second-order valence-corrected chi connectivity index (χ2v) is 13.7. The van der Waals surface area contributed by atoms with Gasteiger partial charge in [0.25, 0.3) is 0 Å². The predicted octanol–water partition coefficient (Wildman–Crippen LogP) is 5.15. The standard InChI is InChI=1S/C19H29N3O2.C17H25N3O2/c1-5-20-17(23)22-13-18(3)11-21(12-19(18,4)14-22)15-7-9-16(10-8-15)24-6-2;1-3-18-17(21)20-11-13-9-19(10-14(13)12-20)15-5-7-16(8-6-15)22-4-2/h7-10H,5-6,11-14H2,1-4H3,(H,20,23);5-8,13-14H,3-4,9-12H2,1-2H3,(H,18,21)/t18-,19+;13-,14+. The molecule has 4 heterocycles. The van der Waals surface area contributed by atoms with Crippen LogP contribution in [0.4, 0.5) is 21.0 Å². The summed E-state index contributed by atoms with van der Waals surface area (Å²) >= 11 is 0. The number of amides is 4. The first-order valence-corrected chi connectivity index (χ1v) is 17.1. The lowest BCUT2D eigenvalue weighted by molar-refractivity contribution is 0.202. The highest BCUT2D eigenvalue weighted by atomic mass is 16.5. The van der Waals surface area contributed by atoms with Crippen molar-refractivity contribution in [1.82, 2.24) is 20.4 Å². The zero-order valence-corrected chi connectivity index (χ0v) is 28.7. The Kier molecular flexibility index (Phi) is 10.4. The van der Waals surface area contributed by atoms with Gasteiger partial charge in [-0.1, -0.05) is 13.8 Å². The highest BCUT2D eigenvalue weighted by Gasteiger charge is 2.58. The molecular formula is C36H54N6O4. The molecule has 4 saturated heterocycles. The third-order valence-electron chi connectivity index (χ3n) is 10.4. The Morgan fingerprint density at radius 3 is 1.46 bits per heavy atom. The summed E-state index contributed by atoms with van der Waals surface area (Å²) in [7, 11) is 0. The number of benzene rings is 2. The first kappa shape index (κ1) is 33.5. The van der Waals surface area contributed by atoms with Gasteiger partial charge in [-0.05, 0) is 76.2 Å². The molecule has 0 saturated carbocycles. The molecule has 0 radical (unpaired) electrons. The molecule has 10 nitrogen and oxygen atoms in total. The summed E-state index contributed by atoms with van der Waals surface area (Å²) in [6.45, 7) is 22.8. The molecule has 0 bridgehead atoms. The molecule has 0 unspecified atom stereocenters. The Morgan fingerprint density at radius 1 is 0.630 bits per heavy atom. The third kappa shape index (κ3) is 7.10. The second kappa shape index (κ2) is 14.3. The van der Waals surface area contributed by atoms with E-state index in [1.165, 1.54) is 11.4 Å². The number of hydrogen-bond donors (Lipinski definition) is 2. The van der Waals surface area contributed by atoms with E-state index in [9.17, 15) is 9.59 Å². The van der Waals surface area contributed by atoms with Crippen LogP contribution in [0, 0.1) is 22.7 Å². The van der Waals surface area contributed by atoms with E-state index >= 15 is 0 Å². The van der Waals surface area contributed by atoms with Crippen LogP contribution in [0.15, 0.2) is 48.5 Å². The van der Waals surface area contributed by atoms with Crippen molar-refractivity contribution in [1.29, 1.82) is 0 Å². The predicted molar refractivity (Wildman–Crippen MR) is 184 cm³/mol. The number of urea groups is 2. The molecule has 0 spiro atoms. The van der Waals surface area contributed by atoms with Gasteiger partial charge in [-0.15, -0.1) is 0 Å². The topological polar surface area (TPSA) is 89.6 Å². The van der Waals surface area contributed by atoms with Crippen LogP contribution in [-0.2, 0) is 0 Å². The third-order valence-corrected chi connectivity index (χ3v) is 10.4. The van der Waals surface area contributed by atoms with E-state index < -0.39 is 0 Å². The molecule has 10 heteroatoms. The summed E-state index contributed by atoms with van der Waals surface area (Å²) in [5.41, 5.74) is 2.73. The Hall–Kier alpha value is -3.82. The number of carbonyl (C=O) groups is 2. The van der Waals surface area contributed by atoms with Crippen LogP contribution in [-0.4, -0.2) is 101 Å². The smallest absolute Gasteiger partial charge is 0.317 e.